The lowest BCUT2D eigenvalue weighted by Gasteiger charge is -2.26. The molecule has 0 saturated heterocycles. The molecule has 0 radical (unpaired) electrons. The largest absolute Gasteiger partial charge is 0.311 e. The summed E-state index contributed by atoms with van der Waals surface area (Å²) < 4.78 is 1.17. The van der Waals surface area contributed by atoms with E-state index >= 15 is 0 Å². The van der Waals surface area contributed by atoms with Crippen LogP contribution in [0.2, 0.25) is 0 Å². The zero-order valence-corrected chi connectivity index (χ0v) is 22.6. The van der Waals surface area contributed by atoms with Crippen molar-refractivity contribution in [2.75, 3.05) is 4.90 Å². The molecule has 192 valence electrons. The van der Waals surface area contributed by atoms with Crippen molar-refractivity contribution in [1.82, 2.24) is 15.0 Å². The van der Waals surface area contributed by atoms with Crippen LogP contribution in [0.4, 0.5) is 11.4 Å². The summed E-state index contributed by atoms with van der Waals surface area (Å²) in [5.74, 6) is 0. The number of hydrogen-bond acceptors (Lipinski definition) is 5. The monoisotopic (exact) mass is 534 g/mol. The molecule has 0 saturated carbocycles. The molecule has 6 aromatic rings. The molecule has 0 N–H and O–H groups in total. The molecule has 0 atom stereocenters. The van der Waals surface area contributed by atoms with Crippen LogP contribution in [0, 0.1) is 0 Å². The molecule has 3 heterocycles. The van der Waals surface area contributed by atoms with Gasteiger partial charge < -0.3 is 4.90 Å². The zero-order chi connectivity index (χ0) is 27.3. The van der Waals surface area contributed by atoms with Gasteiger partial charge in [-0.05, 0) is 60.7 Å². The number of allylic oxidation sites excluding steroid dienone is 3. The highest BCUT2D eigenvalue weighted by Gasteiger charge is 2.13. The minimum atomic E-state index is 0.877. The highest BCUT2D eigenvalue weighted by Crippen LogP contribution is 2.33. The summed E-state index contributed by atoms with van der Waals surface area (Å²) in [5, 5.41) is 0.927. The molecular weight excluding hydrogens is 508 g/mol. The maximum atomic E-state index is 4.76. The summed E-state index contributed by atoms with van der Waals surface area (Å²) >= 11 is 1.66. The normalized spacial score (nSPS) is 11.3. The lowest BCUT2D eigenvalue weighted by Crippen LogP contribution is -2.14. The molecule has 0 unspecified atom stereocenters. The number of hydrogen-bond donors (Lipinski definition) is 0. The molecule has 4 nitrogen and oxygen atoms in total. The van der Waals surface area contributed by atoms with E-state index in [0.717, 1.165) is 55.7 Å². The average molecular weight is 535 g/mol. The van der Waals surface area contributed by atoms with Gasteiger partial charge in [-0.3, -0.25) is 9.97 Å². The van der Waals surface area contributed by atoms with Crippen LogP contribution in [0.15, 0.2) is 153 Å². The Morgan fingerprint density at radius 1 is 0.650 bits per heavy atom. The van der Waals surface area contributed by atoms with Gasteiger partial charge in [-0.2, -0.15) is 0 Å². The van der Waals surface area contributed by atoms with Crippen molar-refractivity contribution in [3.63, 3.8) is 0 Å². The summed E-state index contributed by atoms with van der Waals surface area (Å²) in [7, 11) is 0. The summed E-state index contributed by atoms with van der Waals surface area (Å²) in [6.45, 7) is 7.87. The van der Waals surface area contributed by atoms with Crippen LogP contribution < -0.4 is 4.90 Å². The van der Waals surface area contributed by atoms with Gasteiger partial charge in [0.05, 0.1) is 21.6 Å². The van der Waals surface area contributed by atoms with E-state index in [2.05, 4.69) is 77.6 Å². The fraction of sp³-hybridized carbons (Fsp3) is 0. The van der Waals surface area contributed by atoms with Gasteiger partial charge in [0, 0.05) is 46.2 Å². The smallest absolute Gasteiger partial charge is 0.143 e. The first-order valence-corrected chi connectivity index (χ1v) is 13.7. The van der Waals surface area contributed by atoms with Gasteiger partial charge >= 0.3 is 0 Å². The van der Waals surface area contributed by atoms with Crippen molar-refractivity contribution < 1.29 is 0 Å². The highest BCUT2D eigenvalue weighted by molar-refractivity contribution is 7.21. The Bertz CT molecular complexity index is 1770. The molecule has 0 bridgehead atoms. The summed E-state index contributed by atoms with van der Waals surface area (Å²) in [6, 6.07) is 35.0. The van der Waals surface area contributed by atoms with E-state index in [9.17, 15) is 0 Å². The molecule has 0 fully saturated rings. The fourth-order valence-electron chi connectivity index (χ4n) is 4.57. The Labute approximate surface area is 238 Å². The third kappa shape index (κ3) is 5.10. The third-order valence-corrected chi connectivity index (χ3v) is 7.62. The van der Waals surface area contributed by atoms with E-state index < -0.39 is 0 Å². The average Bonchev–Trinajstić information content (AvgIpc) is 3.46. The zero-order valence-electron chi connectivity index (χ0n) is 21.8. The standard InChI is InChI=1S/C35H26N4S/c1-3-10-28(4-2)39(29-11-6-5-7-12-29)30-19-15-25(16-20-30)31-21-17-26(23-36-31)27-18-22-33(37-24-27)35-38-32-13-8-9-14-34(32)40-35/h3-24H,1-2H2. The summed E-state index contributed by atoms with van der Waals surface area (Å²) in [5.41, 5.74) is 8.89. The van der Waals surface area contributed by atoms with E-state index in [1.165, 1.54) is 4.70 Å². The Kier molecular flexibility index (Phi) is 7.12. The number of benzene rings is 3. The van der Waals surface area contributed by atoms with Crippen LogP contribution >= 0.6 is 11.3 Å². The van der Waals surface area contributed by atoms with Gasteiger partial charge in [0.2, 0.25) is 0 Å². The maximum absolute atomic E-state index is 4.76. The summed E-state index contributed by atoms with van der Waals surface area (Å²) in [4.78, 5) is 16.3. The van der Waals surface area contributed by atoms with E-state index in [0.29, 0.717) is 0 Å². The second kappa shape index (κ2) is 11.3. The van der Waals surface area contributed by atoms with Gasteiger partial charge in [0.15, 0.2) is 0 Å². The lowest BCUT2D eigenvalue weighted by molar-refractivity contribution is 1.21. The first kappa shape index (κ1) is 25.2. The predicted molar refractivity (Wildman–Crippen MR) is 169 cm³/mol. The molecule has 5 heteroatoms. The first-order chi connectivity index (χ1) is 19.7. The number of thiazole rings is 1. The molecule has 0 spiro atoms. The van der Waals surface area contributed by atoms with Crippen LogP contribution in [-0.2, 0) is 0 Å². The number of aromatic nitrogens is 3. The second-order valence-electron chi connectivity index (χ2n) is 9.10. The van der Waals surface area contributed by atoms with E-state index in [1.807, 2.05) is 73.1 Å². The number of anilines is 2. The summed E-state index contributed by atoms with van der Waals surface area (Å²) in [6.07, 6.45) is 9.35. The lowest BCUT2D eigenvalue weighted by atomic mass is 10.1. The highest BCUT2D eigenvalue weighted by atomic mass is 32.1. The Hall–Kier alpha value is -5.13. The molecule has 0 aliphatic rings. The van der Waals surface area contributed by atoms with Crippen LogP contribution in [-0.4, -0.2) is 15.0 Å². The van der Waals surface area contributed by atoms with Gasteiger partial charge in [-0.25, -0.2) is 4.98 Å². The van der Waals surface area contributed by atoms with E-state index in [-0.39, 0.29) is 0 Å². The fourth-order valence-corrected chi connectivity index (χ4v) is 5.51. The predicted octanol–water partition coefficient (Wildman–Crippen LogP) is 9.48. The maximum Gasteiger partial charge on any atom is 0.143 e. The van der Waals surface area contributed by atoms with Crippen LogP contribution in [0.25, 0.3) is 43.3 Å². The Morgan fingerprint density at radius 2 is 1.27 bits per heavy atom. The molecule has 0 amide bonds. The van der Waals surface area contributed by atoms with Crippen molar-refractivity contribution in [2.45, 2.75) is 0 Å². The van der Waals surface area contributed by atoms with E-state index in [1.54, 1.807) is 17.4 Å². The molecule has 3 aromatic heterocycles. The number of para-hydroxylation sites is 2. The molecule has 0 aliphatic heterocycles. The number of nitrogens with zero attached hydrogens (tertiary/aromatic N) is 4. The van der Waals surface area contributed by atoms with Crippen molar-refractivity contribution in [3.05, 3.63) is 153 Å². The quantitative estimate of drug-likeness (QED) is 0.182. The topological polar surface area (TPSA) is 41.9 Å². The van der Waals surface area contributed by atoms with Gasteiger partial charge in [-0.1, -0.05) is 73.8 Å². The molecule has 6 rings (SSSR count). The van der Waals surface area contributed by atoms with Gasteiger partial charge in [0.1, 0.15) is 5.01 Å². The SMILES string of the molecule is C=CC=C(C=C)N(c1ccccc1)c1ccc(-c2ccc(-c3ccc(-c4nc5ccccc5s4)nc3)cn2)cc1. The Morgan fingerprint density at radius 3 is 1.90 bits per heavy atom. The van der Waals surface area contributed by atoms with Gasteiger partial charge in [-0.15, -0.1) is 11.3 Å². The minimum Gasteiger partial charge on any atom is -0.311 e. The Balaban J connectivity index is 1.22. The molecule has 3 aromatic carbocycles. The van der Waals surface area contributed by atoms with Gasteiger partial charge in [0.25, 0.3) is 0 Å². The van der Waals surface area contributed by atoms with Crippen LogP contribution in [0.1, 0.15) is 0 Å². The molecule has 0 aliphatic carbocycles. The van der Waals surface area contributed by atoms with Crippen molar-refractivity contribution >= 4 is 32.9 Å². The molecule has 40 heavy (non-hydrogen) atoms. The van der Waals surface area contributed by atoms with Crippen LogP contribution in [0.3, 0.4) is 0 Å². The number of pyridine rings is 2. The minimum absolute atomic E-state index is 0.877. The number of rotatable bonds is 8. The molecular formula is C35H26N4S. The first-order valence-electron chi connectivity index (χ1n) is 12.9. The second-order valence-corrected chi connectivity index (χ2v) is 10.1. The van der Waals surface area contributed by atoms with Crippen molar-refractivity contribution in [1.29, 1.82) is 0 Å². The van der Waals surface area contributed by atoms with Crippen LogP contribution in [0.5, 0.6) is 0 Å². The van der Waals surface area contributed by atoms with Crippen molar-refractivity contribution in [2.24, 2.45) is 0 Å². The number of fused-ring (bicyclic) bond motifs is 1. The van der Waals surface area contributed by atoms with Crippen molar-refractivity contribution in [3.8, 4) is 33.1 Å². The van der Waals surface area contributed by atoms with E-state index in [4.69, 9.17) is 9.97 Å². The third-order valence-electron chi connectivity index (χ3n) is 6.56.